The molecule has 9 N–H and O–H groups in total. The molecular formula is C93H97N9O8+2. The lowest BCUT2D eigenvalue weighted by Crippen LogP contribution is -2.63. The number of aldehydes is 1. The van der Waals surface area contributed by atoms with Crippen LogP contribution in [0.1, 0.15) is 142 Å². The number of fused-ring (bicyclic) bond motifs is 8. The second kappa shape index (κ2) is 39.0. The van der Waals surface area contributed by atoms with Gasteiger partial charge in [0.2, 0.25) is 5.70 Å². The summed E-state index contributed by atoms with van der Waals surface area (Å²) in [5.74, 6) is 5.28. The Kier molecular flexibility index (Phi) is 26.9. The van der Waals surface area contributed by atoms with Gasteiger partial charge in [-0.15, -0.1) is 0 Å². The molecule has 10 heterocycles. The molecule has 110 heavy (non-hydrogen) atoms. The van der Waals surface area contributed by atoms with Crippen LogP contribution in [0, 0.1) is 0 Å². The number of nitrogens with one attached hydrogen (secondary N) is 9. The predicted octanol–water partition coefficient (Wildman–Crippen LogP) is 18.9. The van der Waals surface area contributed by atoms with Gasteiger partial charge in [0.25, 0.3) is 0 Å². The molecule has 0 atom stereocenters. The number of benzene rings is 7. The third-order valence-electron chi connectivity index (χ3n) is 18.7. The summed E-state index contributed by atoms with van der Waals surface area (Å²) in [6.45, 7) is 0. The summed E-state index contributed by atoms with van der Waals surface area (Å²) >= 11 is 0. The van der Waals surface area contributed by atoms with E-state index in [0.717, 1.165) is 131 Å². The molecule has 2 aliphatic rings. The molecule has 0 saturated carbocycles. The Balaban J connectivity index is 0.000000205. The second-order valence-corrected chi connectivity index (χ2v) is 25.5. The van der Waals surface area contributed by atoms with Crippen LogP contribution in [-0.4, -0.2) is 102 Å². The van der Waals surface area contributed by atoms with E-state index in [9.17, 15) is 4.79 Å². The van der Waals surface area contributed by atoms with E-state index in [1.54, 1.807) is 74.0 Å². The van der Waals surface area contributed by atoms with Gasteiger partial charge >= 0.3 is 1.43 Å². The third-order valence-corrected chi connectivity index (χ3v) is 18.7. The molecular weight excluding hydrogens is 1370 g/mol. The van der Waals surface area contributed by atoms with Gasteiger partial charge in [0, 0.05) is 121 Å². The minimum absolute atomic E-state index is 0. The smallest absolute Gasteiger partial charge is 0.497 e. The highest BCUT2D eigenvalue weighted by molar-refractivity contribution is 5.75. The summed E-state index contributed by atoms with van der Waals surface area (Å²) in [5, 5.41) is 0. The number of rotatable bonds is 16. The molecule has 0 aliphatic carbocycles. The van der Waals surface area contributed by atoms with Crippen LogP contribution in [0.3, 0.4) is 0 Å². The SMILES string of the molecule is C.COc1cccc(/C=C2\C=CC=[NH+]2)c1.COc1cccc(C(c2ccc[nH]2)c2ccc[nH]2)c1.COc1cccc(C2c3ccc([nH]3)C(c3cccc(OC)c3)c3ccc([nH]3)C(c3cccc(OC)c3)c3ccc([nH]3)C(c3cccc(OC)c3)c3ccc2[nH]3)c1.COc1cccc(C=O)c1.[2H][2H].[H+].c1cc[nH]c1.c1cc[nH]c1. The number of carbonyl (C=O) groups excluding carboxylic acids is 1. The van der Waals surface area contributed by atoms with Crippen LogP contribution < -0.4 is 38.2 Å². The number of hydrogen-bond acceptors (Lipinski definition) is 8. The molecule has 17 rings (SSSR count). The lowest BCUT2D eigenvalue weighted by molar-refractivity contribution is -0.378. The van der Waals surface area contributed by atoms with Gasteiger partial charge in [0.1, 0.15) is 46.5 Å². The molecule has 7 aromatic carbocycles. The fourth-order valence-electron chi connectivity index (χ4n) is 13.5. The normalized spacial score (nSPS) is 14.6. The first-order valence-corrected chi connectivity index (χ1v) is 35.7. The molecule has 8 aromatic heterocycles. The summed E-state index contributed by atoms with van der Waals surface area (Å²) in [6, 6.07) is 90.2. The Hall–Kier alpha value is -13.8. The number of allylic oxidation sites excluding steroid dienone is 2. The molecule has 0 spiro atoms. The van der Waals surface area contributed by atoms with Gasteiger partial charge in [-0.3, -0.25) is 4.79 Å². The van der Waals surface area contributed by atoms with Gasteiger partial charge in [-0.25, -0.2) is 4.99 Å². The van der Waals surface area contributed by atoms with Crippen molar-refractivity contribution in [3.8, 4) is 40.2 Å². The molecule has 0 radical (unpaired) electrons. The Morgan fingerprint density at radius 3 is 0.955 bits per heavy atom. The third kappa shape index (κ3) is 19.8. The van der Waals surface area contributed by atoms with Crippen molar-refractivity contribution in [1.82, 2.24) is 39.9 Å². The van der Waals surface area contributed by atoms with Gasteiger partial charge in [0.05, 0.1) is 79.4 Å². The average molecular weight is 1470 g/mol. The number of H-pyrrole nitrogens is 8. The highest BCUT2D eigenvalue weighted by atomic mass is 16.5. The van der Waals surface area contributed by atoms with Crippen molar-refractivity contribution < 1.29 is 47.3 Å². The number of aromatic amines is 8. The van der Waals surface area contributed by atoms with E-state index in [-0.39, 0.29) is 38.4 Å². The van der Waals surface area contributed by atoms with Crippen molar-refractivity contribution in [1.29, 1.82) is 0 Å². The monoisotopic (exact) mass is 1470 g/mol. The van der Waals surface area contributed by atoms with E-state index in [4.69, 9.17) is 36.1 Å². The van der Waals surface area contributed by atoms with Crippen molar-refractivity contribution in [2.24, 2.45) is 0 Å². The van der Waals surface area contributed by atoms with E-state index < -0.39 is 0 Å². The number of methoxy groups -OCH3 is 7. The van der Waals surface area contributed by atoms with Gasteiger partial charge in [0.15, 0.2) is 6.21 Å². The summed E-state index contributed by atoms with van der Waals surface area (Å²) in [4.78, 5) is 41.4. The van der Waals surface area contributed by atoms with Crippen LogP contribution in [0.15, 0.2) is 322 Å². The molecule has 0 fully saturated rings. The van der Waals surface area contributed by atoms with Crippen LogP contribution in [0.5, 0.6) is 40.2 Å². The number of carbonyl (C=O) groups is 1. The average Bonchev–Trinajstić information content (AvgIpc) is 1.62. The summed E-state index contributed by atoms with van der Waals surface area (Å²) in [5.41, 5.74) is 19.3. The van der Waals surface area contributed by atoms with Crippen molar-refractivity contribution >= 4 is 18.6 Å². The van der Waals surface area contributed by atoms with Crippen molar-refractivity contribution in [2.45, 2.75) is 37.0 Å². The Morgan fingerprint density at radius 2 is 0.664 bits per heavy atom. The topological polar surface area (TPSA) is 222 Å². The minimum atomic E-state index is -0.145. The second-order valence-electron chi connectivity index (χ2n) is 25.5. The molecule has 2 aliphatic heterocycles. The van der Waals surface area contributed by atoms with Crippen molar-refractivity contribution in [3.05, 3.63) is 418 Å². The van der Waals surface area contributed by atoms with Gasteiger partial charge in [-0.1, -0.05) is 92.4 Å². The van der Waals surface area contributed by atoms with Gasteiger partial charge in [-0.05, 0) is 215 Å². The molecule has 0 amide bonds. The molecule has 8 bridgehead atoms. The summed E-state index contributed by atoms with van der Waals surface area (Å²) < 4.78 is 48.3. The lowest BCUT2D eigenvalue weighted by Gasteiger charge is -2.21. The Labute approximate surface area is 647 Å². The van der Waals surface area contributed by atoms with E-state index >= 15 is 0 Å². The van der Waals surface area contributed by atoms with Crippen LogP contribution in [-0.2, 0) is 0 Å². The number of hydrogen-bond donors (Lipinski definition) is 9. The first-order valence-electron chi connectivity index (χ1n) is 36.7. The van der Waals surface area contributed by atoms with Crippen LogP contribution >= 0.6 is 0 Å². The molecule has 0 unspecified atom stereocenters. The fraction of sp³-hybridized carbons (Fsp3) is 0.140. The van der Waals surface area contributed by atoms with Gasteiger partial charge < -0.3 is 73.0 Å². The molecule has 560 valence electrons. The first-order chi connectivity index (χ1) is 54.7. The van der Waals surface area contributed by atoms with E-state index in [1.165, 1.54) is 5.56 Å². The standard InChI is InChI=1S/C48H44N4O4.C16H16N2O.C12H11NO.C8H8O2.2C4H5N.CH4.H2/c1-53-33-13-5-9-29(25-33)45-37-17-19-39(49-37)46(30-10-6-14-34(26-30)54-2)41-21-23-43(51-41)48(32-12-8-16-36(28-32)56-4)44-24-22-42(52-44)47(40-20-18-38(45)50-40)31-11-7-15-35(27-31)55-3;1-19-13-6-2-5-12(11-13)16(14-7-3-9-17-14)15-8-4-10-18-15;1-14-12-6-2-4-10(9-12)8-11-5-3-7-13-11;1-10-8-4-2-3-7(5-8)6-9;2*1-2-4-5-3-1;;/h5-28,45-52H,1-4H3;2-11,16-18H,1H3;2-9H,1H3;2-6H,1H3;2*1-5H;1H4;1H/p+2/b;;11-8+;;;;;/i;;;;;;;1+1D. The zero-order valence-electron chi connectivity index (χ0n) is 64.9. The van der Waals surface area contributed by atoms with Crippen LogP contribution in [0.4, 0.5) is 0 Å². The highest BCUT2D eigenvalue weighted by Gasteiger charge is 2.31. The lowest BCUT2D eigenvalue weighted by atomic mass is 9.92. The van der Waals surface area contributed by atoms with E-state index in [1.807, 2.05) is 153 Å². The molecule has 17 heteroatoms. The number of aromatic nitrogens is 8. The van der Waals surface area contributed by atoms with E-state index in [2.05, 4.69) is 197 Å². The molecule has 0 saturated heterocycles. The van der Waals surface area contributed by atoms with Crippen molar-refractivity contribution in [2.75, 3.05) is 49.8 Å². The zero-order valence-corrected chi connectivity index (χ0v) is 61.9. The largest absolute Gasteiger partial charge is 1.00 e. The molecule has 17 nitrogen and oxygen atoms in total. The maximum absolute atomic E-state index is 10.2. The first kappa shape index (κ1) is 75.9. The summed E-state index contributed by atoms with van der Waals surface area (Å²) in [7, 11) is 11.8. The Bertz CT molecular complexity index is 4810. The Morgan fingerprint density at radius 1 is 0.355 bits per heavy atom. The van der Waals surface area contributed by atoms with Crippen LogP contribution in [0.2, 0.25) is 0 Å². The zero-order chi connectivity index (χ0) is 77.5. The minimum Gasteiger partial charge on any atom is -0.497 e. The fourth-order valence-corrected chi connectivity index (χ4v) is 13.5. The highest BCUT2D eigenvalue weighted by Crippen LogP contribution is 2.43. The van der Waals surface area contributed by atoms with Crippen molar-refractivity contribution in [3.63, 3.8) is 0 Å². The summed E-state index contributed by atoms with van der Waals surface area (Å²) in [6.07, 6.45) is 20.2. The molecule has 15 aromatic rings. The predicted molar refractivity (Wildman–Crippen MR) is 442 cm³/mol. The van der Waals surface area contributed by atoms with Gasteiger partial charge in [-0.2, -0.15) is 0 Å². The maximum atomic E-state index is 10.2. The van der Waals surface area contributed by atoms with E-state index in [0.29, 0.717) is 11.3 Å². The quantitative estimate of drug-likeness (QED) is 0.0423. The van der Waals surface area contributed by atoms with Crippen LogP contribution in [0.25, 0.3) is 6.08 Å². The maximum Gasteiger partial charge on any atom is 1.00 e. The number of ether oxygens (including phenoxy) is 7.